The molecule has 0 rings (SSSR count). The first-order valence-corrected chi connectivity index (χ1v) is 10.9. The summed E-state index contributed by atoms with van der Waals surface area (Å²) in [5.41, 5.74) is 11.8. The van der Waals surface area contributed by atoms with Crippen LogP contribution >= 0.6 is 0 Å². The second kappa shape index (κ2) is 18.4. The van der Waals surface area contributed by atoms with Gasteiger partial charge in [-0.2, -0.15) is 0 Å². The van der Waals surface area contributed by atoms with Gasteiger partial charge < -0.3 is 11.5 Å². The molecule has 0 fully saturated rings. The van der Waals surface area contributed by atoms with Crippen LogP contribution in [0.3, 0.4) is 0 Å². The van der Waals surface area contributed by atoms with Crippen LogP contribution in [0, 0.1) is 0 Å². The van der Waals surface area contributed by atoms with Gasteiger partial charge in [0.15, 0.2) is 0 Å². The van der Waals surface area contributed by atoms with Crippen LogP contribution in [-0.2, 0) is 0 Å². The normalized spacial score (nSPS) is 14.5. The van der Waals surface area contributed by atoms with Gasteiger partial charge in [-0.15, -0.1) is 0 Å². The summed E-state index contributed by atoms with van der Waals surface area (Å²) < 4.78 is 0. The lowest BCUT2D eigenvalue weighted by Crippen LogP contribution is -2.41. The molecule has 3 nitrogen and oxygen atoms in total. The van der Waals surface area contributed by atoms with E-state index in [1.807, 2.05) is 0 Å². The van der Waals surface area contributed by atoms with Crippen LogP contribution in [0.25, 0.3) is 0 Å². The zero-order valence-corrected chi connectivity index (χ0v) is 17.5. The Kier molecular flexibility index (Phi) is 18.1. The van der Waals surface area contributed by atoms with Crippen LogP contribution in [0.15, 0.2) is 12.2 Å². The van der Waals surface area contributed by atoms with Crippen molar-refractivity contribution in [3.63, 3.8) is 0 Å². The maximum absolute atomic E-state index is 5.91. The van der Waals surface area contributed by atoms with Gasteiger partial charge in [0.2, 0.25) is 0 Å². The second-order valence-electron chi connectivity index (χ2n) is 7.97. The predicted molar refractivity (Wildman–Crippen MR) is 114 cm³/mol. The van der Waals surface area contributed by atoms with E-state index in [-0.39, 0.29) is 12.1 Å². The number of rotatable bonds is 18. The highest BCUT2D eigenvalue weighted by molar-refractivity contribution is 4.86. The number of hydrogen-bond donors (Lipinski definition) is 2. The summed E-state index contributed by atoms with van der Waals surface area (Å²) in [6.07, 6.45) is 21.4. The minimum Gasteiger partial charge on any atom is -0.327 e. The summed E-state index contributed by atoms with van der Waals surface area (Å²) >= 11 is 0. The van der Waals surface area contributed by atoms with Gasteiger partial charge in [0.1, 0.15) is 0 Å². The van der Waals surface area contributed by atoms with E-state index >= 15 is 0 Å². The molecule has 0 aliphatic carbocycles. The molecule has 0 saturated carbocycles. The van der Waals surface area contributed by atoms with Crippen LogP contribution in [-0.4, -0.2) is 36.6 Å². The molecule has 0 heterocycles. The van der Waals surface area contributed by atoms with E-state index in [0.29, 0.717) is 0 Å². The smallest absolute Gasteiger partial charge is 0.0164 e. The van der Waals surface area contributed by atoms with Crippen LogP contribution in [0.2, 0.25) is 0 Å². The van der Waals surface area contributed by atoms with E-state index in [0.717, 1.165) is 19.6 Å². The van der Waals surface area contributed by atoms with E-state index < -0.39 is 0 Å². The van der Waals surface area contributed by atoms with Crippen LogP contribution in [0.4, 0.5) is 0 Å². The van der Waals surface area contributed by atoms with Crippen molar-refractivity contribution >= 4 is 0 Å². The Morgan fingerprint density at radius 2 is 1.12 bits per heavy atom. The van der Waals surface area contributed by atoms with Gasteiger partial charge in [0.25, 0.3) is 0 Å². The van der Waals surface area contributed by atoms with Crippen LogP contribution in [0.1, 0.15) is 97.8 Å². The fourth-order valence-electron chi connectivity index (χ4n) is 3.31. The molecule has 0 spiro atoms. The van der Waals surface area contributed by atoms with Crippen molar-refractivity contribution in [1.82, 2.24) is 4.90 Å². The Morgan fingerprint density at radius 1 is 0.680 bits per heavy atom. The average Bonchev–Trinajstić information content (AvgIpc) is 2.54. The van der Waals surface area contributed by atoms with Crippen molar-refractivity contribution in [1.29, 1.82) is 0 Å². The Hall–Kier alpha value is -0.380. The summed E-state index contributed by atoms with van der Waals surface area (Å²) in [4.78, 5) is 2.35. The molecular weight excluding hydrogens is 306 g/mol. The van der Waals surface area contributed by atoms with Gasteiger partial charge in [-0.05, 0) is 26.7 Å². The fraction of sp³-hybridized carbons (Fsp3) is 0.909. The second-order valence-corrected chi connectivity index (χ2v) is 7.97. The summed E-state index contributed by atoms with van der Waals surface area (Å²) in [6, 6.07) is 0.414. The van der Waals surface area contributed by atoms with Crippen molar-refractivity contribution in [3.8, 4) is 0 Å². The quantitative estimate of drug-likeness (QED) is 0.262. The van der Waals surface area contributed by atoms with Crippen molar-refractivity contribution in [3.05, 3.63) is 12.2 Å². The third-order valence-electron chi connectivity index (χ3n) is 4.60. The van der Waals surface area contributed by atoms with Crippen molar-refractivity contribution in [2.24, 2.45) is 11.5 Å². The Morgan fingerprint density at radius 3 is 1.56 bits per heavy atom. The Bertz CT molecular complexity index is 277. The van der Waals surface area contributed by atoms with E-state index in [2.05, 4.69) is 37.8 Å². The van der Waals surface area contributed by atoms with E-state index in [4.69, 9.17) is 11.5 Å². The van der Waals surface area contributed by atoms with E-state index in [1.165, 1.54) is 77.0 Å². The molecule has 2 unspecified atom stereocenters. The lowest BCUT2D eigenvalue weighted by atomic mass is 10.1. The first kappa shape index (κ1) is 24.6. The molecule has 0 aliphatic rings. The van der Waals surface area contributed by atoms with Crippen molar-refractivity contribution in [2.45, 2.75) is 110 Å². The number of nitrogens with zero attached hydrogens (tertiary/aromatic N) is 1. The lowest BCUT2D eigenvalue weighted by molar-refractivity contribution is 0.274. The molecule has 0 saturated heterocycles. The molecule has 3 heteroatoms. The highest BCUT2D eigenvalue weighted by Crippen LogP contribution is 2.12. The maximum Gasteiger partial charge on any atom is 0.0164 e. The summed E-state index contributed by atoms with van der Waals surface area (Å²) in [7, 11) is 0. The minimum atomic E-state index is 0.207. The Balaban J connectivity index is 3.46. The van der Waals surface area contributed by atoms with E-state index in [9.17, 15) is 0 Å². The molecule has 0 aliphatic heterocycles. The summed E-state index contributed by atoms with van der Waals surface area (Å²) in [5, 5.41) is 0. The third-order valence-corrected chi connectivity index (χ3v) is 4.60. The molecule has 0 amide bonds. The molecule has 25 heavy (non-hydrogen) atoms. The van der Waals surface area contributed by atoms with Gasteiger partial charge in [-0.25, -0.2) is 0 Å². The highest BCUT2D eigenvalue weighted by Gasteiger charge is 2.07. The van der Waals surface area contributed by atoms with Gasteiger partial charge in [0.05, 0.1) is 0 Å². The van der Waals surface area contributed by atoms with E-state index in [1.54, 1.807) is 0 Å². The lowest BCUT2D eigenvalue weighted by Gasteiger charge is -2.24. The molecule has 0 aromatic rings. The zero-order valence-electron chi connectivity index (χ0n) is 17.5. The molecule has 0 bridgehead atoms. The van der Waals surface area contributed by atoms with Gasteiger partial charge in [-0.1, -0.05) is 83.3 Å². The number of allylic oxidation sites excluding steroid dienone is 1. The fourth-order valence-corrected chi connectivity index (χ4v) is 3.31. The van der Waals surface area contributed by atoms with Crippen molar-refractivity contribution < 1.29 is 0 Å². The van der Waals surface area contributed by atoms with Crippen LogP contribution in [0.5, 0.6) is 0 Å². The maximum atomic E-state index is 5.91. The first-order chi connectivity index (χ1) is 12.1. The first-order valence-electron chi connectivity index (χ1n) is 10.9. The molecule has 150 valence electrons. The summed E-state index contributed by atoms with van der Waals surface area (Å²) in [5.74, 6) is 0. The van der Waals surface area contributed by atoms with Crippen LogP contribution < -0.4 is 11.5 Å². The molecular formula is C22H47N3. The molecule has 2 atom stereocenters. The topological polar surface area (TPSA) is 55.3 Å². The van der Waals surface area contributed by atoms with Gasteiger partial charge in [-0.3, -0.25) is 4.90 Å². The molecule has 4 N–H and O–H groups in total. The van der Waals surface area contributed by atoms with Crippen molar-refractivity contribution in [2.75, 3.05) is 19.6 Å². The highest BCUT2D eigenvalue weighted by atomic mass is 15.1. The standard InChI is InChI=1S/C22H47N3/c1-4-5-6-7-8-9-10-11-12-13-14-15-16-17-18-25(19-21(2)23)20-22(3)24/h16-17,21-22H,4-15,18-20,23-24H2,1-3H3/b17-16+. The summed E-state index contributed by atoms with van der Waals surface area (Å²) in [6.45, 7) is 9.22. The molecule has 0 aromatic heterocycles. The minimum absolute atomic E-state index is 0.207. The van der Waals surface area contributed by atoms with Gasteiger partial charge in [0, 0.05) is 31.7 Å². The van der Waals surface area contributed by atoms with Gasteiger partial charge >= 0.3 is 0 Å². The average molecular weight is 354 g/mol. The SMILES string of the molecule is CCCCCCCCCCCCC/C=C/CN(CC(C)N)CC(C)N. The number of nitrogens with two attached hydrogens (primary N) is 2. The third kappa shape index (κ3) is 19.8. The monoisotopic (exact) mass is 353 g/mol. The molecule has 0 radical (unpaired) electrons. The predicted octanol–water partition coefficient (Wildman–Crippen LogP) is 5.24. The zero-order chi connectivity index (χ0) is 18.8. The Labute approximate surface area is 158 Å². The number of unbranched alkanes of at least 4 members (excludes halogenated alkanes) is 11. The molecule has 0 aromatic carbocycles. The number of hydrogen-bond acceptors (Lipinski definition) is 3. The largest absolute Gasteiger partial charge is 0.327 e.